The van der Waals surface area contributed by atoms with E-state index >= 15 is 0 Å². The first-order valence-electron chi connectivity index (χ1n) is 8.56. The number of hydrogen-bond donors (Lipinski definition) is 1. The van der Waals surface area contributed by atoms with Crippen LogP contribution in [0.15, 0.2) is 23.8 Å². The minimum atomic E-state index is -0.0888. The maximum absolute atomic E-state index is 10.4. The molecule has 1 saturated heterocycles. The van der Waals surface area contributed by atoms with E-state index < -0.39 is 0 Å². The molecule has 0 bridgehead atoms. The van der Waals surface area contributed by atoms with Crippen molar-refractivity contribution in [2.45, 2.75) is 43.7 Å². The van der Waals surface area contributed by atoms with Crippen molar-refractivity contribution >= 4 is 0 Å². The first kappa shape index (κ1) is 15.0. The molecule has 2 aliphatic heterocycles. The van der Waals surface area contributed by atoms with Crippen LogP contribution in [-0.2, 0) is 16.7 Å². The van der Waals surface area contributed by atoms with Crippen LogP contribution < -0.4 is 4.74 Å². The molecule has 2 atom stereocenters. The number of aromatic hydroxyl groups is 1. The van der Waals surface area contributed by atoms with Crippen molar-refractivity contribution < 1.29 is 14.6 Å². The molecule has 1 fully saturated rings. The highest BCUT2D eigenvalue weighted by Gasteiger charge is 2.50. The van der Waals surface area contributed by atoms with E-state index in [-0.39, 0.29) is 17.4 Å². The Morgan fingerprint density at radius 2 is 2.09 bits per heavy atom. The van der Waals surface area contributed by atoms with Gasteiger partial charge < -0.3 is 14.6 Å². The van der Waals surface area contributed by atoms with Crippen molar-refractivity contribution in [1.29, 1.82) is 0 Å². The normalized spacial score (nSPS) is 30.0. The van der Waals surface area contributed by atoms with Crippen LogP contribution in [0.1, 0.15) is 36.8 Å². The number of benzene rings is 1. The molecule has 3 aliphatic rings. The van der Waals surface area contributed by atoms with E-state index in [0.29, 0.717) is 5.75 Å². The quantitative estimate of drug-likeness (QED) is 0.852. The van der Waals surface area contributed by atoms with E-state index in [2.05, 4.69) is 11.0 Å². The Morgan fingerprint density at radius 1 is 1.22 bits per heavy atom. The zero-order chi connectivity index (χ0) is 16.0. The molecule has 4 rings (SSSR count). The molecule has 1 spiro atoms. The number of fused-ring (bicyclic) bond motifs is 1. The molecular weight excluding hydrogens is 290 g/mol. The van der Waals surface area contributed by atoms with Gasteiger partial charge in [-0.05, 0) is 61.1 Å². The highest BCUT2D eigenvalue weighted by molar-refractivity contribution is 5.54. The van der Waals surface area contributed by atoms with Crippen LogP contribution in [-0.4, -0.2) is 43.4 Å². The third kappa shape index (κ3) is 2.12. The number of nitrogens with zero attached hydrogens (tertiary/aromatic N) is 1. The van der Waals surface area contributed by atoms with Crippen LogP contribution in [0.4, 0.5) is 0 Å². The average molecular weight is 315 g/mol. The van der Waals surface area contributed by atoms with E-state index in [1.807, 2.05) is 19.2 Å². The first-order chi connectivity index (χ1) is 11.2. The number of phenolic OH excluding ortho intramolecular Hbond substituents is 1. The molecule has 2 heterocycles. The van der Waals surface area contributed by atoms with Gasteiger partial charge >= 0.3 is 0 Å². The van der Waals surface area contributed by atoms with Crippen molar-refractivity contribution in [3.63, 3.8) is 0 Å². The summed E-state index contributed by atoms with van der Waals surface area (Å²) in [5, 5.41) is 10.4. The Kier molecular flexibility index (Phi) is 3.62. The standard InChI is InChI=1S/C19H25NO3/c1-22-15-6-5-14-7-9-20-8-3-4-13-10-18(23-2)17(21)11-16(13)19(14,20)12-15/h5,10-11,15,21H,3-4,6-9,12H2,1-2H3. The van der Waals surface area contributed by atoms with Crippen LogP contribution in [0.5, 0.6) is 11.5 Å². The lowest BCUT2D eigenvalue weighted by molar-refractivity contribution is 0.0346. The van der Waals surface area contributed by atoms with Gasteiger partial charge in [0, 0.05) is 20.1 Å². The summed E-state index contributed by atoms with van der Waals surface area (Å²) < 4.78 is 11.1. The molecule has 23 heavy (non-hydrogen) atoms. The Balaban J connectivity index is 1.92. The summed E-state index contributed by atoms with van der Waals surface area (Å²) in [6.45, 7) is 2.21. The highest BCUT2D eigenvalue weighted by Crippen LogP contribution is 2.53. The number of hydrogen-bond acceptors (Lipinski definition) is 4. The topological polar surface area (TPSA) is 41.9 Å². The van der Waals surface area contributed by atoms with Gasteiger partial charge in [-0.15, -0.1) is 0 Å². The Bertz CT molecular complexity index is 654. The Morgan fingerprint density at radius 3 is 2.87 bits per heavy atom. The van der Waals surface area contributed by atoms with Crippen LogP contribution in [0.2, 0.25) is 0 Å². The predicted octanol–water partition coefficient (Wildman–Crippen LogP) is 2.98. The van der Waals surface area contributed by atoms with Gasteiger partial charge in [0.15, 0.2) is 11.5 Å². The SMILES string of the molecule is COc1cc2c(cc1O)C13CC(OC)CC=C1CCN3CCC2. The zero-order valence-corrected chi connectivity index (χ0v) is 14.0. The summed E-state index contributed by atoms with van der Waals surface area (Å²) in [6, 6.07) is 3.99. The van der Waals surface area contributed by atoms with Gasteiger partial charge in [0.25, 0.3) is 0 Å². The lowest BCUT2D eigenvalue weighted by Crippen LogP contribution is -2.46. The summed E-state index contributed by atoms with van der Waals surface area (Å²) in [4.78, 5) is 2.61. The number of phenols is 1. The zero-order valence-electron chi connectivity index (χ0n) is 14.0. The Hall–Kier alpha value is -1.52. The monoisotopic (exact) mass is 315 g/mol. The van der Waals surface area contributed by atoms with Crippen molar-refractivity contribution in [1.82, 2.24) is 4.90 Å². The molecule has 1 aromatic carbocycles. The molecule has 2 unspecified atom stereocenters. The summed E-state index contributed by atoms with van der Waals surface area (Å²) in [6.07, 6.45) is 7.92. The predicted molar refractivity (Wildman–Crippen MR) is 89.0 cm³/mol. The molecule has 4 nitrogen and oxygen atoms in total. The molecule has 0 saturated carbocycles. The second-order valence-electron chi connectivity index (χ2n) is 6.91. The second-order valence-corrected chi connectivity index (χ2v) is 6.91. The van der Waals surface area contributed by atoms with Gasteiger partial charge in [-0.3, -0.25) is 4.90 Å². The van der Waals surface area contributed by atoms with E-state index in [9.17, 15) is 5.11 Å². The smallest absolute Gasteiger partial charge is 0.160 e. The molecule has 124 valence electrons. The molecule has 0 amide bonds. The van der Waals surface area contributed by atoms with Gasteiger partial charge in [0.1, 0.15) is 0 Å². The van der Waals surface area contributed by atoms with Crippen LogP contribution >= 0.6 is 0 Å². The van der Waals surface area contributed by atoms with Crippen molar-refractivity contribution in [2.24, 2.45) is 0 Å². The first-order valence-corrected chi connectivity index (χ1v) is 8.56. The lowest BCUT2D eigenvalue weighted by Gasteiger charge is -2.44. The maximum Gasteiger partial charge on any atom is 0.160 e. The fourth-order valence-corrected chi connectivity index (χ4v) is 4.84. The Labute approximate surface area is 137 Å². The molecule has 0 aromatic heterocycles. The fraction of sp³-hybridized carbons (Fsp3) is 0.579. The lowest BCUT2D eigenvalue weighted by atomic mass is 9.73. The minimum absolute atomic E-state index is 0.0888. The van der Waals surface area contributed by atoms with Crippen LogP contribution in [0.3, 0.4) is 0 Å². The van der Waals surface area contributed by atoms with Gasteiger partial charge in [0.05, 0.1) is 18.8 Å². The van der Waals surface area contributed by atoms with Crippen LogP contribution in [0, 0.1) is 0 Å². The minimum Gasteiger partial charge on any atom is -0.504 e. The average Bonchev–Trinajstić information content (AvgIpc) is 2.87. The summed E-state index contributed by atoms with van der Waals surface area (Å²) in [5.41, 5.74) is 4.00. The van der Waals surface area contributed by atoms with Gasteiger partial charge in [-0.25, -0.2) is 0 Å². The third-order valence-corrected chi connectivity index (χ3v) is 5.93. The van der Waals surface area contributed by atoms with Gasteiger partial charge in [-0.2, -0.15) is 0 Å². The molecule has 0 radical (unpaired) electrons. The van der Waals surface area contributed by atoms with Crippen molar-refractivity contribution in [3.8, 4) is 11.5 Å². The molecular formula is C19H25NO3. The third-order valence-electron chi connectivity index (χ3n) is 5.93. The second kappa shape index (κ2) is 5.53. The number of ether oxygens (including phenoxy) is 2. The maximum atomic E-state index is 10.4. The van der Waals surface area contributed by atoms with Crippen molar-refractivity contribution in [2.75, 3.05) is 27.3 Å². The van der Waals surface area contributed by atoms with Gasteiger partial charge in [-0.1, -0.05) is 6.08 Å². The summed E-state index contributed by atoms with van der Waals surface area (Å²) in [5.74, 6) is 0.824. The summed E-state index contributed by atoms with van der Waals surface area (Å²) >= 11 is 0. The number of aryl methyl sites for hydroxylation is 1. The fourth-order valence-electron chi connectivity index (χ4n) is 4.84. The van der Waals surface area contributed by atoms with E-state index in [0.717, 1.165) is 45.2 Å². The number of rotatable bonds is 2. The van der Waals surface area contributed by atoms with Gasteiger partial charge in [0.2, 0.25) is 0 Å². The molecule has 1 aromatic rings. The van der Waals surface area contributed by atoms with Crippen molar-refractivity contribution in [3.05, 3.63) is 34.9 Å². The summed E-state index contributed by atoms with van der Waals surface area (Å²) in [7, 11) is 3.42. The number of methoxy groups -OCH3 is 2. The molecule has 1 N–H and O–H groups in total. The van der Waals surface area contributed by atoms with E-state index in [4.69, 9.17) is 9.47 Å². The van der Waals surface area contributed by atoms with E-state index in [1.54, 1.807) is 7.11 Å². The molecule has 1 aliphatic carbocycles. The molecule has 4 heteroatoms. The largest absolute Gasteiger partial charge is 0.504 e. The highest BCUT2D eigenvalue weighted by atomic mass is 16.5. The van der Waals surface area contributed by atoms with Crippen LogP contribution in [0.25, 0.3) is 0 Å². The van der Waals surface area contributed by atoms with E-state index in [1.165, 1.54) is 16.7 Å².